The van der Waals surface area contributed by atoms with Crippen LogP contribution in [0.25, 0.3) is 0 Å². The van der Waals surface area contributed by atoms with E-state index in [4.69, 9.17) is 4.74 Å². The van der Waals surface area contributed by atoms with Crippen LogP contribution in [0.2, 0.25) is 0 Å². The summed E-state index contributed by atoms with van der Waals surface area (Å²) in [5, 5.41) is 3.30. The van der Waals surface area contributed by atoms with Gasteiger partial charge in [0.15, 0.2) is 0 Å². The van der Waals surface area contributed by atoms with Gasteiger partial charge in [-0.2, -0.15) is 0 Å². The molecule has 19 heavy (non-hydrogen) atoms. The minimum Gasteiger partial charge on any atom is -0.385 e. The highest BCUT2D eigenvalue weighted by Gasteiger charge is 2.15. The van der Waals surface area contributed by atoms with Crippen LogP contribution >= 0.6 is 0 Å². The summed E-state index contributed by atoms with van der Waals surface area (Å²) in [5.74, 6) is 0.208. The maximum atomic E-state index is 11.9. The molecule has 0 bridgehead atoms. The molecule has 0 radical (unpaired) electrons. The van der Waals surface area contributed by atoms with Crippen molar-refractivity contribution >= 4 is 11.6 Å². The molecular weight excluding hydrogens is 240 g/mol. The van der Waals surface area contributed by atoms with Gasteiger partial charge in [-0.05, 0) is 37.1 Å². The minimum absolute atomic E-state index is 0.208. The molecule has 104 valence electrons. The third-order valence-electron chi connectivity index (χ3n) is 3.54. The molecule has 2 rings (SSSR count). The number of benzene rings is 1. The van der Waals surface area contributed by atoms with Crippen LogP contribution < -0.4 is 5.32 Å². The van der Waals surface area contributed by atoms with E-state index >= 15 is 0 Å². The van der Waals surface area contributed by atoms with Crippen molar-refractivity contribution in [1.82, 2.24) is 4.90 Å². The molecule has 1 heterocycles. The van der Waals surface area contributed by atoms with E-state index in [1.54, 1.807) is 0 Å². The third-order valence-corrected chi connectivity index (χ3v) is 3.54. The minimum atomic E-state index is 0.208. The molecule has 0 unspecified atom stereocenters. The highest BCUT2D eigenvalue weighted by molar-refractivity contribution is 5.76. The number of morpholine rings is 1. The lowest BCUT2D eigenvalue weighted by molar-refractivity contribution is -0.134. The summed E-state index contributed by atoms with van der Waals surface area (Å²) in [6.45, 7) is 7.65. The van der Waals surface area contributed by atoms with E-state index in [0.717, 1.165) is 18.8 Å². The van der Waals surface area contributed by atoms with Gasteiger partial charge in [0.1, 0.15) is 0 Å². The van der Waals surface area contributed by atoms with Crippen molar-refractivity contribution in [3.8, 4) is 0 Å². The van der Waals surface area contributed by atoms with Crippen molar-refractivity contribution in [3.05, 3.63) is 29.3 Å². The first kappa shape index (κ1) is 13.9. The molecular formula is C15H22N2O2. The Morgan fingerprint density at radius 1 is 1.26 bits per heavy atom. The van der Waals surface area contributed by atoms with Crippen LogP contribution in [0.3, 0.4) is 0 Å². The summed E-state index contributed by atoms with van der Waals surface area (Å²) < 4.78 is 5.24. The number of nitrogens with one attached hydrogen (secondary N) is 1. The van der Waals surface area contributed by atoms with Gasteiger partial charge < -0.3 is 15.0 Å². The predicted octanol–water partition coefficient (Wildman–Crippen LogP) is 1.96. The number of aryl methyl sites for hydroxylation is 2. The second-order valence-electron chi connectivity index (χ2n) is 4.97. The first-order valence-corrected chi connectivity index (χ1v) is 6.83. The summed E-state index contributed by atoms with van der Waals surface area (Å²) in [4.78, 5) is 13.8. The predicted molar refractivity (Wildman–Crippen MR) is 76.4 cm³/mol. The van der Waals surface area contributed by atoms with Crippen molar-refractivity contribution in [3.63, 3.8) is 0 Å². The monoisotopic (exact) mass is 262 g/mol. The molecule has 1 N–H and O–H groups in total. The molecule has 0 aliphatic carbocycles. The number of anilines is 1. The van der Waals surface area contributed by atoms with Gasteiger partial charge in [-0.15, -0.1) is 0 Å². The van der Waals surface area contributed by atoms with Gasteiger partial charge in [-0.1, -0.05) is 6.07 Å². The Morgan fingerprint density at radius 3 is 2.68 bits per heavy atom. The summed E-state index contributed by atoms with van der Waals surface area (Å²) in [6.07, 6.45) is 0.535. The number of hydrogen-bond acceptors (Lipinski definition) is 3. The van der Waals surface area contributed by atoms with Crippen LogP contribution in [0.4, 0.5) is 5.69 Å². The molecule has 0 atom stereocenters. The number of carbonyl (C=O) groups excluding carboxylic acids is 1. The van der Waals surface area contributed by atoms with Gasteiger partial charge in [0.25, 0.3) is 0 Å². The first-order valence-electron chi connectivity index (χ1n) is 6.83. The Bertz CT molecular complexity index is 440. The second kappa shape index (κ2) is 6.57. The van der Waals surface area contributed by atoms with E-state index in [9.17, 15) is 4.79 Å². The summed E-state index contributed by atoms with van der Waals surface area (Å²) in [5.41, 5.74) is 3.64. The molecule has 4 nitrogen and oxygen atoms in total. The Kier molecular flexibility index (Phi) is 4.80. The van der Waals surface area contributed by atoms with Gasteiger partial charge in [0.05, 0.1) is 13.2 Å². The van der Waals surface area contributed by atoms with E-state index in [1.165, 1.54) is 11.1 Å². The average molecular weight is 262 g/mol. The van der Waals surface area contributed by atoms with E-state index < -0.39 is 0 Å². The van der Waals surface area contributed by atoms with Crippen molar-refractivity contribution in [2.75, 3.05) is 38.2 Å². The average Bonchev–Trinajstić information content (AvgIpc) is 2.43. The van der Waals surface area contributed by atoms with Crippen LogP contribution in [-0.4, -0.2) is 43.7 Å². The van der Waals surface area contributed by atoms with Gasteiger partial charge in [-0.3, -0.25) is 4.79 Å². The van der Waals surface area contributed by atoms with E-state index in [1.807, 2.05) is 4.90 Å². The van der Waals surface area contributed by atoms with Gasteiger partial charge in [-0.25, -0.2) is 0 Å². The summed E-state index contributed by atoms with van der Waals surface area (Å²) in [6, 6.07) is 6.28. The lowest BCUT2D eigenvalue weighted by atomic mass is 10.1. The number of amides is 1. The highest BCUT2D eigenvalue weighted by Crippen LogP contribution is 2.14. The van der Waals surface area contributed by atoms with Gasteiger partial charge >= 0.3 is 0 Å². The molecule has 1 aliphatic rings. The van der Waals surface area contributed by atoms with Crippen LogP contribution in [0.5, 0.6) is 0 Å². The SMILES string of the molecule is Cc1ccc(NCCC(=O)N2CCOCC2)cc1C. The van der Waals surface area contributed by atoms with E-state index in [2.05, 4.69) is 37.4 Å². The standard InChI is InChI=1S/C15H22N2O2/c1-12-3-4-14(11-13(12)2)16-6-5-15(18)17-7-9-19-10-8-17/h3-4,11,16H,5-10H2,1-2H3. The summed E-state index contributed by atoms with van der Waals surface area (Å²) >= 11 is 0. The normalized spacial score (nSPS) is 15.4. The van der Waals surface area contributed by atoms with Crippen molar-refractivity contribution in [2.24, 2.45) is 0 Å². The molecule has 1 amide bonds. The Morgan fingerprint density at radius 2 is 2.00 bits per heavy atom. The fourth-order valence-corrected chi connectivity index (χ4v) is 2.14. The lowest BCUT2D eigenvalue weighted by Gasteiger charge is -2.26. The smallest absolute Gasteiger partial charge is 0.224 e. The van der Waals surface area contributed by atoms with E-state index in [0.29, 0.717) is 26.2 Å². The van der Waals surface area contributed by atoms with Crippen molar-refractivity contribution in [1.29, 1.82) is 0 Å². The number of rotatable bonds is 4. The largest absolute Gasteiger partial charge is 0.385 e. The molecule has 1 saturated heterocycles. The lowest BCUT2D eigenvalue weighted by Crippen LogP contribution is -2.41. The molecule has 0 saturated carbocycles. The first-order chi connectivity index (χ1) is 9.16. The fourth-order valence-electron chi connectivity index (χ4n) is 2.14. The van der Waals surface area contributed by atoms with Gasteiger partial charge in [0, 0.05) is 31.7 Å². The molecule has 1 aromatic carbocycles. The van der Waals surface area contributed by atoms with Crippen molar-refractivity contribution in [2.45, 2.75) is 20.3 Å². The van der Waals surface area contributed by atoms with E-state index in [-0.39, 0.29) is 5.91 Å². The molecule has 4 heteroatoms. The van der Waals surface area contributed by atoms with Crippen LogP contribution in [0, 0.1) is 13.8 Å². The number of carbonyl (C=O) groups is 1. The molecule has 1 aromatic rings. The quantitative estimate of drug-likeness (QED) is 0.902. The fraction of sp³-hybridized carbons (Fsp3) is 0.533. The van der Waals surface area contributed by atoms with Crippen LogP contribution in [-0.2, 0) is 9.53 Å². The maximum absolute atomic E-state index is 11.9. The topological polar surface area (TPSA) is 41.6 Å². The summed E-state index contributed by atoms with van der Waals surface area (Å²) in [7, 11) is 0. The zero-order valence-corrected chi connectivity index (χ0v) is 11.7. The molecule has 0 spiro atoms. The zero-order valence-electron chi connectivity index (χ0n) is 11.7. The third kappa shape index (κ3) is 3.96. The van der Waals surface area contributed by atoms with Gasteiger partial charge in [0.2, 0.25) is 5.91 Å². The number of nitrogens with zero attached hydrogens (tertiary/aromatic N) is 1. The van der Waals surface area contributed by atoms with Crippen LogP contribution in [0.1, 0.15) is 17.5 Å². The maximum Gasteiger partial charge on any atom is 0.224 e. The Balaban J connectivity index is 1.76. The Labute approximate surface area is 114 Å². The zero-order chi connectivity index (χ0) is 13.7. The highest BCUT2D eigenvalue weighted by atomic mass is 16.5. The Hall–Kier alpha value is -1.55. The molecule has 1 aliphatic heterocycles. The van der Waals surface area contributed by atoms with Crippen LogP contribution in [0.15, 0.2) is 18.2 Å². The number of ether oxygens (including phenoxy) is 1. The molecule has 1 fully saturated rings. The number of hydrogen-bond donors (Lipinski definition) is 1. The van der Waals surface area contributed by atoms with Crippen molar-refractivity contribution < 1.29 is 9.53 Å². The molecule has 0 aromatic heterocycles. The second-order valence-corrected chi connectivity index (χ2v) is 4.97.